The average molecular weight is 255 g/mol. The summed E-state index contributed by atoms with van der Waals surface area (Å²) >= 11 is 6.46. The number of benzene rings is 1. The summed E-state index contributed by atoms with van der Waals surface area (Å²) in [5.74, 6) is 0.908. The molecule has 0 aliphatic rings. The lowest BCUT2D eigenvalue weighted by atomic mass is 10.0. The second kappa shape index (κ2) is 7.60. The van der Waals surface area contributed by atoms with E-state index in [1.54, 1.807) is 7.11 Å². The number of ether oxygens (including phenoxy) is 1. The molecule has 1 rings (SSSR count). The van der Waals surface area contributed by atoms with Crippen molar-refractivity contribution in [3.8, 4) is 5.75 Å². The molecule has 1 atom stereocenters. The first-order valence-corrected chi connectivity index (χ1v) is 6.91. The highest BCUT2D eigenvalue weighted by Gasteiger charge is 2.13. The fraction of sp³-hybridized carbons (Fsp3) is 0.600. The summed E-state index contributed by atoms with van der Waals surface area (Å²) in [4.78, 5) is 0. The Morgan fingerprint density at radius 2 is 2.00 bits per heavy atom. The highest BCUT2D eigenvalue weighted by atomic mass is 35.5. The van der Waals surface area contributed by atoms with Crippen LogP contribution in [-0.2, 0) is 0 Å². The molecule has 0 aromatic heterocycles. The number of methoxy groups -OCH3 is 1. The van der Waals surface area contributed by atoms with Crippen LogP contribution in [0.2, 0.25) is 0 Å². The molecular weight excluding hydrogens is 232 g/mol. The third-order valence-electron chi connectivity index (χ3n) is 3.03. The molecule has 0 amide bonds. The monoisotopic (exact) mass is 254 g/mol. The van der Waals surface area contributed by atoms with E-state index >= 15 is 0 Å². The van der Waals surface area contributed by atoms with Crippen LogP contribution in [0.4, 0.5) is 0 Å². The maximum absolute atomic E-state index is 6.46. The van der Waals surface area contributed by atoms with Crippen molar-refractivity contribution in [3.63, 3.8) is 0 Å². The number of alkyl halides is 1. The van der Waals surface area contributed by atoms with E-state index in [0.717, 1.165) is 17.7 Å². The van der Waals surface area contributed by atoms with Gasteiger partial charge < -0.3 is 4.74 Å². The Kier molecular flexibility index (Phi) is 6.43. The van der Waals surface area contributed by atoms with Gasteiger partial charge in [-0.25, -0.2) is 0 Å². The Hall–Kier alpha value is -0.690. The molecule has 1 aromatic carbocycles. The lowest BCUT2D eigenvalue weighted by Crippen LogP contribution is -1.96. The summed E-state index contributed by atoms with van der Waals surface area (Å²) in [6, 6.07) is 6.20. The summed E-state index contributed by atoms with van der Waals surface area (Å²) in [5.41, 5.74) is 2.37. The number of aryl methyl sites for hydroxylation is 1. The Labute approximate surface area is 110 Å². The zero-order valence-electron chi connectivity index (χ0n) is 11.1. The molecular formula is C15H23ClO. The van der Waals surface area contributed by atoms with E-state index < -0.39 is 0 Å². The van der Waals surface area contributed by atoms with Gasteiger partial charge in [0.15, 0.2) is 0 Å². The average Bonchev–Trinajstić information content (AvgIpc) is 2.34. The molecule has 0 N–H and O–H groups in total. The maximum atomic E-state index is 6.46. The SMILES string of the molecule is CCCCCCC(Cl)c1cc(C)ccc1OC. The first-order chi connectivity index (χ1) is 8.19. The molecule has 0 heterocycles. The van der Waals surface area contributed by atoms with Gasteiger partial charge in [0.1, 0.15) is 5.75 Å². The molecule has 0 radical (unpaired) electrons. The van der Waals surface area contributed by atoms with Crippen LogP contribution in [0, 0.1) is 6.92 Å². The Balaban J connectivity index is 2.60. The van der Waals surface area contributed by atoms with Crippen molar-refractivity contribution in [1.82, 2.24) is 0 Å². The predicted octanol–water partition coefficient (Wildman–Crippen LogP) is 5.25. The van der Waals surface area contributed by atoms with Gasteiger partial charge >= 0.3 is 0 Å². The number of hydrogen-bond acceptors (Lipinski definition) is 1. The molecule has 2 heteroatoms. The standard InChI is InChI=1S/C15H23ClO/c1-4-5-6-7-8-14(16)13-11-12(2)9-10-15(13)17-3/h9-11,14H,4-8H2,1-3H3. The molecule has 1 nitrogen and oxygen atoms in total. The molecule has 0 saturated carbocycles. The largest absolute Gasteiger partial charge is 0.496 e. The topological polar surface area (TPSA) is 9.23 Å². The summed E-state index contributed by atoms with van der Waals surface area (Å²) in [5, 5.41) is 0.0710. The van der Waals surface area contributed by atoms with Crippen LogP contribution in [0.3, 0.4) is 0 Å². The Bertz CT molecular complexity index is 336. The number of hydrogen-bond donors (Lipinski definition) is 0. The van der Waals surface area contributed by atoms with E-state index in [4.69, 9.17) is 16.3 Å². The summed E-state index contributed by atoms with van der Waals surface area (Å²) < 4.78 is 5.36. The fourth-order valence-corrected chi connectivity index (χ4v) is 2.33. The Morgan fingerprint density at radius 1 is 1.24 bits per heavy atom. The van der Waals surface area contributed by atoms with Crippen LogP contribution in [0.15, 0.2) is 18.2 Å². The quantitative estimate of drug-likeness (QED) is 0.477. The van der Waals surface area contributed by atoms with Crippen LogP contribution in [0.1, 0.15) is 55.5 Å². The van der Waals surface area contributed by atoms with Crippen molar-refractivity contribution < 1.29 is 4.74 Å². The highest BCUT2D eigenvalue weighted by molar-refractivity contribution is 6.21. The van der Waals surface area contributed by atoms with Crippen molar-refractivity contribution in [2.24, 2.45) is 0 Å². The van der Waals surface area contributed by atoms with E-state index in [1.165, 1.54) is 31.2 Å². The maximum Gasteiger partial charge on any atom is 0.123 e. The molecule has 0 aliphatic heterocycles. The Morgan fingerprint density at radius 3 is 2.65 bits per heavy atom. The minimum Gasteiger partial charge on any atom is -0.496 e. The lowest BCUT2D eigenvalue weighted by Gasteiger charge is -2.14. The molecule has 0 bridgehead atoms. The first kappa shape index (κ1) is 14.4. The van der Waals surface area contributed by atoms with Crippen molar-refractivity contribution in [2.45, 2.75) is 51.3 Å². The minimum absolute atomic E-state index is 0.0710. The van der Waals surface area contributed by atoms with Crippen LogP contribution >= 0.6 is 11.6 Å². The number of rotatable bonds is 7. The van der Waals surface area contributed by atoms with E-state index in [2.05, 4.69) is 26.0 Å². The van der Waals surface area contributed by atoms with Crippen molar-refractivity contribution in [2.75, 3.05) is 7.11 Å². The molecule has 1 aromatic rings. The molecule has 17 heavy (non-hydrogen) atoms. The van der Waals surface area contributed by atoms with Gasteiger partial charge in [-0.05, 0) is 19.4 Å². The third kappa shape index (κ3) is 4.59. The third-order valence-corrected chi connectivity index (χ3v) is 3.49. The van der Waals surface area contributed by atoms with Crippen LogP contribution in [0.5, 0.6) is 5.75 Å². The normalized spacial score (nSPS) is 12.5. The molecule has 96 valence electrons. The van der Waals surface area contributed by atoms with E-state index in [0.29, 0.717) is 0 Å². The highest BCUT2D eigenvalue weighted by Crippen LogP contribution is 2.34. The van der Waals surface area contributed by atoms with E-state index in [9.17, 15) is 0 Å². The first-order valence-electron chi connectivity index (χ1n) is 6.47. The zero-order valence-corrected chi connectivity index (χ0v) is 11.9. The smallest absolute Gasteiger partial charge is 0.123 e. The second-order valence-electron chi connectivity index (χ2n) is 4.56. The number of halogens is 1. The van der Waals surface area contributed by atoms with Crippen LogP contribution in [-0.4, -0.2) is 7.11 Å². The van der Waals surface area contributed by atoms with E-state index in [-0.39, 0.29) is 5.38 Å². The summed E-state index contributed by atoms with van der Waals surface area (Å²) in [6.45, 7) is 4.31. The molecule has 0 fully saturated rings. The van der Waals surface area contributed by atoms with Crippen molar-refractivity contribution >= 4 is 11.6 Å². The molecule has 0 spiro atoms. The van der Waals surface area contributed by atoms with Gasteiger partial charge in [-0.15, -0.1) is 11.6 Å². The van der Waals surface area contributed by atoms with Gasteiger partial charge in [0.2, 0.25) is 0 Å². The zero-order chi connectivity index (χ0) is 12.7. The van der Waals surface area contributed by atoms with Gasteiger partial charge in [0.25, 0.3) is 0 Å². The van der Waals surface area contributed by atoms with Gasteiger partial charge in [0.05, 0.1) is 12.5 Å². The van der Waals surface area contributed by atoms with Crippen LogP contribution < -0.4 is 4.74 Å². The van der Waals surface area contributed by atoms with Crippen LogP contribution in [0.25, 0.3) is 0 Å². The van der Waals surface area contributed by atoms with Crippen molar-refractivity contribution in [1.29, 1.82) is 0 Å². The predicted molar refractivity (Wildman–Crippen MR) is 75.1 cm³/mol. The lowest BCUT2D eigenvalue weighted by molar-refractivity contribution is 0.408. The van der Waals surface area contributed by atoms with Crippen molar-refractivity contribution in [3.05, 3.63) is 29.3 Å². The summed E-state index contributed by atoms with van der Waals surface area (Å²) in [7, 11) is 1.70. The van der Waals surface area contributed by atoms with Gasteiger partial charge in [-0.1, -0.05) is 50.3 Å². The van der Waals surface area contributed by atoms with Gasteiger partial charge in [0, 0.05) is 5.56 Å². The second-order valence-corrected chi connectivity index (χ2v) is 5.09. The van der Waals surface area contributed by atoms with Gasteiger partial charge in [-0.3, -0.25) is 0 Å². The molecule has 1 unspecified atom stereocenters. The molecule has 0 aliphatic carbocycles. The summed E-state index contributed by atoms with van der Waals surface area (Å²) in [6.07, 6.45) is 6.06. The van der Waals surface area contributed by atoms with Gasteiger partial charge in [-0.2, -0.15) is 0 Å². The minimum atomic E-state index is 0.0710. The number of unbranched alkanes of at least 4 members (excludes halogenated alkanes) is 3. The fourth-order valence-electron chi connectivity index (χ4n) is 2.00. The molecule has 0 saturated heterocycles. The van der Waals surface area contributed by atoms with E-state index in [1.807, 2.05) is 6.07 Å².